The van der Waals surface area contributed by atoms with Gasteiger partial charge in [0.05, 0.1) is 6.54 Å². The van der Waals surface area contributed by atoms with Crippen LogP contribution in [-0.2, 0) is 4.79 Å². The van der Waals surface area contributed by atoms with Crippen LogP contribution in [0.3, 0.4) is 0 Å². The Labute approximate surface area is 122 Å². The molecule has 1 aliphatic heterocycles. The Morgan fingerprint density at radius 2 is 2.32 bits per heavy atom. The van der Waals surface area contributed by atoms with Gasteiger partial charge in [-0.1, -0.05) is 28.4 Å². The lowest BCUT2D eigenvalue weighted by atomic mass is 10.0. The number of amides is 1. The van der Waals surface area contributed by atoms with Crippen LogP contribution in [0.2, 0.25) is 0 Å². The van der Waals surface area contributed by atoms with Crippen molar-refractivity contribution in [3.8, 4) is 0 Å². The molecule has 3 N–H and O–H groups in total. The van der Waals surface area contributed by atoms with Gasteiger partial charge >= 0.3 is 0 Å². The third-order valence-electron chi connectivity index (χ3n) is 3.48. The highest BCUT2D eigenvalue weighted by Gasteiger charge is 2.22. The van der Waals surface area contributed by atoms with Crippen molar-refractivity contribution >= 4 is 27.5 Å². The number of nitrogens with one attached hydrogen (secondary N) is 1. The predicted molar refractivity (Wildman–Crippen MR) is 81.0 cm³/mol. The quantitative estimate of drug-likeness (QED) is 0.892. The minimum Gasteiger partial charge on any atom is -0.329 e. The first-order chi connectivity index (χ1) is 9.19. The van der Waals surface area contributed by atoms with Crippen LogP contribution in [0.1, 0.15) is 19.3 Å². The number of piperidine rings is 1. The Balaban J connectivity index is 1.90. The van der Waals surface area contributed by atoms with E-state index in [9.17, 15) is 4.79 Å². The van der Waals surface area contributed by atoms with Crippen molar-refractivity contribution in [3.05, 3.63) is 28.7 Å². The molecule has 1 aromatic rings. The van der Waals surface area contributed by atoms with E-state index in [1.807, 2.05) is 24.3 Å². The largest absolute Gasteiger partial charge is 0.329 e. The highest BCUT2D eigenvalue weighted by Crippen LogP contribution is 2.17. The maximum Gasteiger partial charge on any atom is 0.238 e. The number of nitrogens with two attached hydrogens (primary N) is 1. The first kappa shape index (κ1) is 14.5. The summed E-state index contributed by atoms with van der Waals surface area (Å²) in [4.78, 5) is 14.2. The van der Waals surface area contributed by atoms with Crippen molar-refractivity contribution in [1.82, 2.24) is 4.90 Å². The molecule has 0 saturated carbocycles. The SMILES string of the molecule is NCC1CCCCN1CC(=O)Nc1cccc(Br)c1. The Bertz CT molecular complexity index is 438. The average Bonchev–Trinajstić information content (AvgIpc) is 2.39. The van der Waals surface area contributed by atoms with Gasteiger partial charge in [0.2, 0.25) is 5.91 Å². The zero-order chi connectivity index (χ0) is 13.7. The Morgan fingerprint density at radius 3 is 3.05 bits per heavy atom. The van der Waals surface area contributed by atoms with Crippen molar-refractivity contribution in [2.45, 2.75) is 25.3 Å². The summed E-state index contributed by atoms with van der Waals surface area (Å²) in [5, 5.41) is 2.92. The minimum absolute atomic E-state index is 0.0263. The first-order valence-corrected chi connectivity index (χ1v) is 7.48. The maximum atomic E-state index is 12.0. The van der Waals surface area contributed by atoms with E-state index in [0.717, 1.165) is 29.5 Å². The molecule has 0 radical (unpaired) electrons. The molecule has 1 heterocycles. The Morgan fingerprint density at radius 1 is 1.47 bits per heavy atom. The average molecular weight is 326 g/mol. The summed E-state index contributed by atoms with van der Waals surface area (Å²) in [5.74, 6) is 0.0263. The van der Waals surface area contributed by atoms with Crippen molar-refractivity contribution in [1.29, 1.82) is 0 Å². The molecule has 1 saturated heterocycles. The summed E-state index contributed by atoms with van der Waals surface area (Å²) >= 11 is 3.39. The number of benzene rings is 1. The predicted octanol–water partition coefficient (Wildman–Crippen LogP) is 2.20. The summed E-state index contributed by atoms with van der Waals surface area (Å²) in [6, 6.07) is 7.98. The zero-order valence-corrected chi connectivity index (χ0v) is 12.5. The minimum atomic E-state index is 0.0263. The number of rotatable bonds is 4. The molecular weight excluding hydrogens is 306 g/mol. The third-order valence-corrected chi connectivity index (χ3v) is 3.97. The highest BCUT2D eigenvalue weighted by atomic mass is 79.9. The summed E-state index contributed by atoms with van der Waals surface area (Å²) in [6.45, 7) is 2.02. The molecule has 0 aromatic heterocycles. The molecule has 19 heavy (non-hydrogen) atoms. The number of nitrogens with zero attached hydrogens (tertiary/aromatic N) is 1. The molecule has 1 atom stereocenters. The number of anilines is 1. The molecule has 1 aromatic carbocycles. The van der Waals surface area contributed by atoms with Crippen LogP contribution in [-0.4, -0.2) is 36.5 Å². The maximum absolute atomic E-state index is 12.0. The molecule has 0 bridgehead atoms. The lowest BCUT2D eigenvalue weighted by Crippen LogP contribution is -2.47. The van der Waals surface area contributed by atoms with Gasteiger partial charge in [0.1, 0.15) is 0 Å². The number of likely N-dealkylation sites (tertiary alicyclic amines) is 1. The van der Waals surface area contributed by atoms with Gasteiger partial charge in [-0.05, 0) is 37.6 Å². The topological polar surface area (TPSA) is 58.4 Å². The van der Waals surface area contributed by atoms with Gasteiger partial charge in [-0.15, -0.1) is 0 Å². The van der Waals surface area contributed by atoms with Crippen LogP contribution in [0, 0.1) is 0 Å². The molecular formula is C14H20BrN3O. The lowest BCUT2D eigenvalue weighted by molar-refractivity contribution is -0.118. The zero-order valence-electron chi connectivity index (χ0n) is 10.9. The first-order valence-electron chi connectivity index (χ1n) is 6.68. The van der Waals surface area contributed by atoms with Gasteiger partial charge in [0, 0.05) is 22.7 Å². The fraction of sp³-hybridized carbons (Fsp3) is 0.500. The standard InChI is InChI=1S/C14H20BrN3O/c15-11-4-3-5-12(8-11)17-14(19)10-18-7-2-1-6-13(18)9-16/h3-5,8,13H,1-2,6-7,9-10,16H2,(H,17,19). The second kappa shape index (κ2) is 7.03. The summed E-state index contributed by atoms with van der Waals surface area (Å²) in [7, 11) is 0. The van der Waals surface area contributed by atoms with Gasteiger partial charge in [0.25, 0.3) is 0 Å². The van der Waals surface area contributed by atoms with Gasteiger partial charge in [-0.3, -0.25) is 9.69 Å². The molecule has 5 heteroatoms. The number of carbonyl (C=O) groups is 1. The molecule has 2 rings (SSSR count). The van der Waals surface area contributed by atoms with E-state index in [0.29, 0.717) is 19.1 Å². The Hall–Kier alpha value is -0.910. The van der Waals surface area contributed by atoms with E-state index in [2.05, 4.69) is 26.1 Å². The molecule has 104 valence electrons. The Kier molecular flexibility index (Phi) is 5.36. The van der Waals surface area contributed by atoms with Crippen molar-refractivity contribution < 1.29 is 4.79 Å². The molecule has 1 unspecified atom stereocenters. The number of halogens is 1. The fourth-order valence-corrected chi connectivity index (χ4v) is 2.89. The monoisotopic (exact) mass is 325 g/mol. The van der Waals surface area contributed by atoms with E-state index in [4.69, 9.17) is 5.73 Å². The normalized spacial score (nSPS) is 20.2. The van der Waals surface area contributed by atoms with Crippen molar-refractivity contribution in [2.24, 2.45) is 5.73 Å². The summed E-state index contributed by atoms with van der Waals surface area (Å²) in [5.41, 5.74) is 6.58. The van der Waals surface area contributed by atoms with Crippen molar-refractivity contribution in [2.75, 3.05) is 25.0 Å². The molecule has 0 spiro atoms. The van der Waals surface area contributed by atoms with Crippen LogP contribution in [0.5, 0.6) is 0 Å². The summed E-state index contributed by atoms with van der Waals surface area (Å²) < 4.78 is 0.961. The molecule has 1 amide bonds. The molecule has 0 aliphatic carbocycles. The van der Waals surface area contributed by atoms with Crippen LogP contribution in [0.4, 0.5) is 5.69 Å². The molecule has 1 aliphatic rings. The highest BCUT2D eigenvalue weighted by molar-refractivity contribution is 9.10. The van der Waals surface area contributed by atoms with Gasteiger partial charge in [-0.2, -0.15) is 0 Å². The van der Waals surface area contributed by atoms with Crippen LogP contribution >= 0.6 is 15.9 Å². The van der Waals surface area contributed by atoms with Crippen molar-refractivity contribution in [3.63, 3.8) is 0 Å². The second-order valence-electron chi connectivity index (χ2n) is 4.91. The summed E-state index contributed by atoms with van der Waals surface area (Å²) in [6.07, 6.45) is 3.47. The third kappa shape index (κ3) is 4.30. The van der Waals surface area contributed by atoms with E-state index >= 15 is 0 Å². The van der Waals surface area contributed by atoms with Gasteiger partial charge < -0.3 is 11.1 Å². The lowest BCUT2D eigenvalue weighted by Gasteiger charge is -2.34. The number of hydrogen-bond acceptors (Lipinski definition) is 3. The van der Waals surface area contributed by atoms with Crippen LogP contribution in [0.15, 0.2) is 28.7 Å². The van der Waals surface area contributed by atoms with Gasteiger partial charge in [-0.25, -0.2) is 0 Å². The van der Waals surface area contributed by atoms with Crippen LogP contribution in [0.25, 0.3) is 0 Å². The van der Waals surface area contributed by atoms with E-state index in [1.54, 1.807) is 0 Å². The number of carbonyl (C=O) groups excluding carboxylic acids is 1. The van der Waals surface area contributed by atoms with E-state index < -0.39 is 0 Å². The van der Waals surface area contributed by atoms with E-state index in [-0.39, 0.29) is 5.91 Å². The van der Waals surface area contributed by atoms with Crippen LogP contribution < -0.4 is 11.1 Å². The number of hydrogen-bond donors (Lipinski definition) is 2. The molecule has 4 nitrogen and oxygen atoms in total. The van der Waals surface area contributed by atoms with Gasteiger partial charge in [0.15, 0.2) is 0 Å². The molecule has 1 fully saturated rings. The smallest absolute Gasteiger partial charge is 0.238 e. The fourth-order valence-electron chi connectivity index (χ4n) is 2.49. The van der Waals surface area contributed by atoms with E-state index in [1.165, 1.54) is 6.42 Å². The second-order valence-corrected chi connectivity index (χ2v) is 5.83.